The van der Waals surface area contributed by atoms with Gasteiger partial charge in [0.15, 0.2) is 0 Å². The Bertz CT molecular complexity index is 314. The molecular weight excluding hydrogens is 296 g/mol. The first-order chi connectivity index (χ1) is 8.21. The molecule has 1 aromatic heterocycles. The van der Waals surface area contributed by atoms with Gasteiger partial charge in [0.05, 0.1) is 6.04 Å². The third-order valence-corrected chi connectivity index (χ3v) is 5.05. The molecule has 3 N–H and O–H groups in total. The van der Waals surface area contributed by atoms with Gasteiger partial charge in [-0.25, -0.2) is 0 Å². The second-order valence-electron chi connectivity index (χ2n) is 4.54. The molecule has 0 amide bonds. The van der Waals surface area contributed by atoms with Crippen molar-refractivity contribution in [3.05, 3.63) is 20.8 Å². The molecule has 1 aromatic rings. The largest absolute Gasteiger partial charge is 0.271 e. The molecule has 0 aliphatic rings. The third-order valence-electron chi connectivity index (χ3n) is 3.24. The minimum atomic E-state index is 0.299. The van der Waals surface area contributed by atoms with Crippen molar-refractivity contribution >= 4 is 27.3 Å². The van der Waals surface area contributed by atoms with E-state index in [-0.39, 0.29) is 0 Å². The lowest BCUT2D eigenvalue weighted by molar-refractivity contribution is 0.359. The second-order valence-corrected chi connectivity index (χ2v) is 6.40. The van der Waals surface area contributed by atoms with Crippen molar-refractivity contribution in [2.45, 2.75) is 52.0 Å². The summed E-state index contributed by atoms with van der Waals surface area (Å²) in [4.78, 5) is 1.33. The lowest BCUT2D eigenvalue weighted by Crippen LogP contribution is -2.29. The van der Waals surface area contributed by atoms with Crippen molar-refractivity contribution in [3.63, 3.8) is 0 Å². The summed E-state index contributed by atoms with van der Waals surface area (Å²) in [7, 11) is 0. The molecule has 2 nitrogen and oxygen atoms in total. The van der Waals surface area contributed by atoms with Gasteiger partial charge in [-0.05, 0) is 34.3 Å². The average molecular weight is 319 g/mol. The number of halogens is 1. The molecule has 1 rings (SSSR count). The van der Waals surface area contributed by atoms with E-state index >= 15 is 0 Å². The fourth-order valence-electron chi connectivity index (χ4n) is 2.09. The van der Waals surface area contributed by atoms with Crippen molar-refractivity contribution in [2.75, 3.05) is 0 Å². The summed E-state index contributed by atoms with van der Waals surface area (Å²) in [5.41, 5.74) is 2.96. The summed E-state index contributed by atoms with van der Waals surface area (Å²) in [5.74, 6) is 6.46. The highest BCUT2D eigenvalue weighted by atomic mass is 79.9. The van der Waals surface area contributed by atoms with Crippen LogP contribution in [0.1, 0.15) is 56.9 Å². The van der Waals surface area contributed by atoms with Crippen molar-refractivity contribution in [2.24, 2.45) is 11.8 Å². The zero-order valence-electron chi connectivity index (χ0n) is 10.7. The van der Waals surface area contributed by atoms with Gasteiger partial charge >= 0.3 is 0 Å². The maximum absolute atomic E-state index is 5.69. The van der Waals surface area contributed by atoms with E-state index in [1.54, 1.807) is 11.3 Å². The van der Waals surface area contributed by atoms with E-state index in [4.69, 9.17) is 5.84 Å². The molecule has 1 heterocycles. The van der Waals surface area contributed by atoms with Crippen LogP contribution in [0.5, 0.6) is 0 Å². The van der Waals surface area contributed by atoms with Crippen LogP contribution in [0, 0.1) is 5.92 Å². The van der Waals surface area contributed by atoms with Crippen molar-refractivity contribution in [3.8, 4) is 0 Å². The van der Waals surface area contributed by atoms with Crippen LogP contribution in [0.4, 0.5) is 0 Å². The maximum atomic E-state index is 5.69. The first kappa shape index (κ1) is 15.2. The molecule has 0 bridgehead atoms. The first-order valence-corrected chi connectivity index (χ1v) is 8.08. The molecule has 0 saturated carbocycles. The van der Waals surface area contributed by atoms with Gasteiger partial charge in [0.1, 0.15) is 0 Å². The zero-order chi connectivity index (χ0) is 12.7. The van der Waals surface area contributed by atoms with Gasteiger partial charge in [0, 0.05) is 14.7 Å². The summed E-state index contributed by atoms with van der Waals surface area (Å²) in [6.07, 6.45) is 6.30. The predicted octanol–water partition coefficient (Wildman–Crippen LogP) is 4.62. The number of thiophene rings is 1. The summed E-state index contributed by atoms with van der Waals surface area (Å²) in [6, 6.07) is 2.47. The Balaban J connectivity index is 2.55. The molecule has 0 fully saturated rings. The van der Waals surface area contributed by atoms with Crippen LogP contribution in [-0.2, 0) is 0 Å². The fourth-order valence-corrected chi connectivity index (χ4v) is 3.61. The van der Waals surface area contributed by atoms with E-state index in [2.05, 4.69) is 46.6 Å². The molecule has 0 aliphatic carbocycles. The minimum Gasteiger partial charge on any atom is -0.271 e. The normalized spacial score (nSPS) is 14.8. The lowest BCUT2D eigenvalue weighted by atomic mass is 9.92. The number of nitrogens with two attached hydrogens (primary N) is 1. The molecule has 2 atom stereocenters. The van der Waals surface area contributed by atoms with E-state index in [0.717, 1.165) is 16.8 Å². The number of hydrogen-bond acceptors (Lipinski definition) is 3. The Morgan fingerprint density at radius 3 is 2.71 bits per heavy atom. The van der Waals surface area contributed by atoms with Gasteiger partial charge in [0.25, 0.3) is 0 Å². The van der Waals surface area contributed by atoms with Crippen LogP contribution in [0.25, 0.3) is 0 Å². The summed E-state index contributed by atoms with van der Waals surface area (Å²) in [5, 5.41) is 2.12. The molecule has 0 saturated heterocycles. The summed E-state index contributed by atoms with van der Waals surface area (Å²) in [6.45, 7) is 4.53. The second kappa shape index (κ2) is 8.25. The van der Waals surface area contributed by atoms with Crippen molar-refractivity contribution < 1.29 is 0 Å². The average Bonchev–Trinajstić information content (AvgIpc) is 2.76. The van der Waals surface area contributed by atoms with E-state index in [1.165, 1.54) is 30.6 Å². The molecule has 2 unspecified atom stereocenters. The van der Waals surface area contributed by atoms with Gasteiger partial charge in [-0.2, -0.15) is 0 Å². The smallest absolute Gasteiger partial charge is 0.0556 e. The Labute approximate surface area is 117 Å². The van der Waals surface area contributed by atoms with Crippen molar-refractivity contribution in [1.29, 1.82) is 0 Å². The zero-order valence-corrected chi connectivity index (χ0v) is 13.1. The molecule has 4 heteroatoms. The summed E-state index contributed by atoms with van der Waals surface area (Å²) < 4.78 is 1.15. The van der Waals surface area contributed by atoms with Gasteiger partial charge in [0.2, 0.25) is 0 Å². The van der Waals surface area contributed by atoms with E-state index in [1.807, 2.05) is 0 Å². The van der Waals surface area contributed by atoms with Gasteiger partial charge in [-0.15, -0.1) is 11.3 Å². The molecule has 0 spiro atoms. The molecule has 0 aromatic carbocycles. The molecule has 17 heavy (non-hydrogen) atoms. The highest BCUT2D eigenvalue weighted by Gasteiger charge is 2.17. The Hall–Kier alpha value is 0.1000. The topological polar surface area (TPSA) is 38.0 Å². The lowest BCUT2D eigenvalue weighted by Gasteiger charge is -2.21. The van der Waals surface area contributed by atoms with Gasteiger partial charge < -0.3 is 0 Å². The quantitative estimate of drug-likeness (QED) is 0.542. The van der Waals surface area contributed by atoms with Crippen molar-refractivity contribution in [1.82, 2.24) is 5.43 Å². The molecule has 0 aliphatic heterocycles. The Morgan fingerprint density at radius 2 is 2.24 bits per heavy atom. The fraction of sp³-hybridized carbons (Fsp3) is 0.692. The van der Waals surface area contributed by atoms with Crippen LogP contribution in [0.3, 0.4) is 0 Å². The number of rotatable bonds is 8. The van der Waals surface area contributed by atoms with E-state index in [9.17, 15) is 0 Å². The Kier molecular flexibility index (Phi) is 7.35. The van der Waals surface area contributed by atoms with Gasteiger partial charge in [-0.1, -0.05) is 39.5 Å². The van der Waals surface area contributed by atoms with E-state index < -0.39 is 0 Å². The van der Waals surface area contributed by atoms with Crippen LogP contribution in [-0.4, -0.2) is 0 Å². The van der Waals surface area contributed by atoms with Crippen LogP contribution in [0.15, 0.2) is 15.9 Å². The molecule has 0 radical (unpaired) electrons. The van der Waals surface area contributed by atoms with E-state index in [0.29, 0.717) is 6.04 Å². The minimum absolute atomic E-state index is 0.299. The third kappa shape index (κ3) is 5.08. The first-order valence-electron chi connectivity index (χ1n) is 6.41. The standard InChI is InChI=1S/C13H23BrN2S/c1-3-5-6-10(4-2)7-12(16-15)13-8-11(14)9-17-13/h8-10,12,16H,3-7,15H2,1-2H3. The maximum Gasteiger partial charge on any atom is 0.0556 e. The molecule has 98 valence electrons. The molecular formula is C13H23BrN2S. The monoisotopic (exact) mass is 318 g/mol. The highest BCUT2D eigenvalue weighted by Crippen LogP contribution is 2.31. The van der Waals surface area contributed by atoms with Gasteiger partial charge in [-0.3, -0.25) is 11.3 Å². The van der Waals surface area contributed by atoms with Crippen LogP contribution in [0.2, 0.25) is 0 Å². The number of hydrazine groups is 1. The SMILES string of the molecule is CCCCC(CC)CC(NN)c1cc(Br)cs1. The number of hydrogen-bond donors (Lipinski definition) is 2. The number of nitrogens with one attached hydrogen (secondary N) is 1. The highest BCUT2D eigenvalue weighted by molar-refractivity contribution is 9.10. The predicted molar refractivity (Wildman–Crippen MR) is 80.0 cm³/mol. The Morgan fingerprint density at radius 1 is 1.47 bits per heavy atom. The summed E-state index contributed by atoms with van der Waals surface area (Å²) >= 11 is 5.27. The van der Waals surface area contributed by atoms with Crippen LogP contribution < -0.4 is 11.3 Å². The number of unbranched alkanes of at least 4 members (excludes halogenated alkanes) is 1. The van der Waals surface area contributed by atoms with Crippen LogP contribution >= 0.6 is 27.3 Å².